The second kappa shape index (κ2) is 12.7. The molecule has 10 nitrogen and oxygen atoms in total. The predicted octanol–water partition coefficient (Wildman–Crippen LogP) is 3.92. The van der Waals surface area contributed by atoms with E-state index in [4.69, 9.17) is 14.2 Å². The molecule has 3 aromatic rings. The van der Waals surface area contributed by atoms with Gasteiger partial charge < -0.3 is 24.4 Å². The molecule has 4 rings (SSSR count). The van der Waals surface area contributed by atoms with Gasteiger partial charge in [-0.25, -0.2) is 0 Å². The molecule has 3 N–H and O–H groups in total. The minimum Gasteiger partial charge on any atom is -0.494 e. The predicted molar refractivity (Wildman–Crippen MR) is 148 cm³/mol. The topological polar surface area (TPSA) is 118 Å². The molecule has 0 radical (unpaired) electrons. The van der Waals surface area contributed by atoms with Gasteiger partial charge in [-0.15, -0.1) is 0 Å². The van der Waals surface area contributed by atoms with Crippen LogP contribution >= 0.6 is 0 Å². The first kappa shape index (κ1) is 27.3. The molecule has 0 spiro atoms. The molecular weight excluding hydrogens is 500 g/mol. The van der Waals surface area contributed by atoms with E-state index in [-0.39, 0.29) is 43.0 Å². The number of hydrogen-bond acceptors (Lipinski definition) is 7. The minimum atomic E-state index is -0.550. The number of carbonyl (C=O) groups excluding carboxylic acids is 3. The zero-order chi connectivity index (χ0) is 27.8. The van der Waals surface area contributed by atoms with Crippen molar-refractivity contribution in [2.75, 3.05) is 42.5 Å². The van der Waals surface area contributed by atoms with Crippen LogP contribution in [0.1, 0.15) is 18.9 Å². The number of hydrogen-bond donors (Lipinski definition) is 3. The molecule has 1 atom stereocenters. The van der Waals surface area contributed by atoms with Gasteiger partial charge in [-0.05, 0) is 61.9 Å². The third kappa shape index (κ3) is 6.78. The molecule has 3 aromatic carbocycles. The Morgan fingerprint density at radius 2 is 1.72 bits per heavy atom. The van der Waals surface area contributed by atoms with Crippen molar-refractivity contribution in [3.05, 3.63) is 72.3 Å². The van der Waals surface area contributed by atoms with Crippen LogP contribution in [0.25, 0.3) is 0 Å². The summed E-state index contributed by atoms with van der Waals surface area (Å²) in [5, 5.41) is 2.82. The Hall–Kier alpha value is -4.73. The summed E-state index contributed by atoms with van der Waals surface area (Å²) < 4.78 is 16.6. The van der Waals surface area contributed by atoms with Crippen molar-refractivity contribution in [2.24, 2.45) is 5.92 Å². The highest BCUT2D eigenvalue weighted by Crippen LogP contribution is 2.35. The van der Waals surface area contributed by atoms with E-state index < -0.39 is 5.92 Å². The summed E-state index contributed by atoms with van der Waals surface area (Å²) in [5.74, 6) is -0.00697. The zero-order valence-corrected chi connectivity index (χ0v) is 22.2. The third-order valence-electron chi connectivity index (χ3n) is 6.24. The Bertz CT molecular complexity index is 1330. The molecule has 0 aromatic heterocycles. The van der Waals surface area contributed by atoms with Gasteiger partial charge in [0.2, 0.25) is 11.8 Å². The molecule has 39 heavy (non-hydrogen) atoms. The van der Waals surface area contributed by atoms with Crippen molar-refractivity contribution < 1.29 is 28.6 Å². The van der Waals surface area contributed by atoms with Gasteiger partial charge in [-0.3, -0.25) is 25.2 Å². The van der Waals surface area contributed by atoms with Crippen LogP contribution in [0.15, 0.2) is 66.7 Å². The number of amides is 3. The number of nitrogens with zero attached hydrogens (tertiary/aromatic N) is 1. The van der Waals surface area contributed by atoms with Gasteiger partial charge in [0.15, 0.2) is 18.1 Å². The Morgan fingerprint density at radius 3 is 2.44 bits per heavy atom. The van der Waals surface area contributed by atoms with Gasteiger partial charge in [0.25, 0.3) is 5.91 Å². The monoisotopic (exact) mass is 532 g/mol. The number of hydrazine groups is 1. The number of benzene rings is 3. The van der Waals surface area contributed by atoms with E-state index >= 15 is 0 Å². The summed E-state index contributed by atoms with van der Waals surface area (Å²) in [4.78, 5) is 39.7. The van der Waals surface area contributed by atoms with Crippen LogP contribution in [0.5, 0.6) is 17.2 Å². The first-order chi connectivity index (χ1) is 18.9. The van der Waals surface area contributed by atoms with Crippen LogP contribution in [-0.4, -0.2) is 44.6 Å². The lowest BCUT2D eigenvalue weighted by atomic mass is 10.1. The van der Waals surface area contributed by atoms with Crippen LogP contribution in [0, 0.1) is 12.8 Å². The summed E-state index contributed by atoms with van der Waals surface area (Å²) in [6.07, 6.45) is 0.0846. The molecule has 1 saturated heterocycles. The number of ether oxygens (including phenoxy) is 3. The lowest BCUT2D eigenvalue weighted by molar-refractivity contribution is -0.125. The molecule has 1 aliphatic heterocycles. The molecule has 0 unspecified atom stereocenters. The van der Waals surface area contributed by atoms with Crippen molar-refractivity contribution in [3.8, 4) is 17.2 Å². The number of aryl methyl sites for hydroxylation is 1. The second-order valence-corrected chi connectivity index (χ2v) is 8.94. The average Bonchev–Trinajstić information content (AvgIpc) is 3.34. The molecule has 3 amide bonds. The molecule has 0 bridgehead atoms. The van der Waals surface area contributed by atoms with Crippen LogP contribution in [0.4, 0.5) is 17.1 Å². The SMILES string of the molecule is CCOc1ccc(N2C[C@H](C(=O)NNc3cccc(OC)c3OCC(=O)Nc3ccccc3C)CC2=O)cc1. The van der Waals surface area contributed by atoms with Gasteiger partial charge >= 0.3 is 0 Å². The lowest BCUT2D eigenvalue weighted by Gasteiger charge is -2.19. The standard InChI is InChI=1S/C29H32N4O6/c1-4-38-22-14-12-21(13-15-22)33-17-20(16-27(33)35)29(36)32-31-24-10-7-11-25(37-3)28(24)39-18-26(34)30-23-9-6-5-8-19(23)2/h5-15,20,31H,4,16-18H2,1-3H3,(H,30,34)(H,32,36)/t20-/m1/s1. The first-order valence-electron chi connectivity index (χ1n) is 12.6. The number of para-hydroxylation sites is 2. The maximum absolute atomic E-state index is 12.9. The van der Waals surface area contributed by atoms with Gasteiger partial charge in [0, 0.05) is 24.3 Å². The summed E-state index contributed by atoms with van der Waals surface area (Å²) in [6.45, 7) is 4.33. The summed E-state index contributed by atoms with van der Waals surface area (Å²) >= 11 is 0. The second-order valence-electron chi connectivity index (χ2n) is 8.94. The van der Waals surface area contributed by atoms with E-state index in [2.05, 4.69) is 16.2 Å². The van der Waals surface area contributed by atoms with Crippen molar-refractivity contribution >= 4 is 34.8 Å². The van der Waals surface area contributed by atoms with Crippen molar-refractivity contribution in [2.45, 2.75) is 20.3 Å². The van der Waals surface area contributed by atoms with E-state index in [0.717, 1.165) is 11.3 Å². The number of anilines is 3. The Balaban J connectivity index is 1.36. The molecule has 0 aliphatic carbocycles. The normalized spacial score (nSPS) is 14.5. The smallest absolute Gasteiger partial charge is 0.262 e. The van der Waals surface area contributed by atoms with Crippen LogP contribution in [0.2, 0.25) is 0 Å². The van der Waals surface area contributed by atoms with Crippen LogP contribution in [0.3, 0.4) is 0 Å². The number of methoxy groups -OCH3 is 1. The highest BCUT2D eigenvalue weighted by Gasteiger charge is 2.35. The van der Waals surface area contributed by atoms with Gasteiger partial charge in [0.05, 0.1) is 25.3 Å². The summed E-state index contributed by atoms with van der Waals surface area (Å²) in [5.41, 5.74) is 8.25. The molecule has 1 aliphatic rings. The van der Waals surface area contributed by atoms with E-state index in [9.17, 15) is 14.4 Å². The Kier molecular flexibility index (Phi) is 8.88. The highest BCUT2D eigenvalue weighted by molar-refractivity contribution is 6.00. The largest absolute Gasteiger partial charge is 0.494 e. The lowest BCUT2D eigenvalue weighted by Crippen LogP contribution is -2.36. The Labute approximate surface area is 227 Å². The van der Waals surface area contributed by atoms with Crippen LogP contribution in [-0.2, 0) is 14.4 Å². The fourth-order valence-electron chi connectivity index (χ4n) is 4.21. The first-order valence-corrected chi connectivity index (χ1v) is 12.6. The van der Waals surface area contributed by atoms with Gasteiger partial charge in [0.1, 0.15) is 5.75 Å². The molecular formula is C29H32N4O6. The third-order valence-corrected chi connectivity index (χ3v) is 6.24. The summed E-state index contributed by atoms with van der Waals surface area (Å²) in [7, 11) is 1.48. The zero-order valence-electron chi connectivity index (χ0n) is 22.2. The fourth-order valence-corrected chi connectivity index (χ4v) is 4.21. The molecule has 0 saturated carbocycles. The quantitative estimate of drug-likeness (QED) is 0.321. The minimum absolute atomic E-state index is 0.0846. The molecule has 204 valence electrons. The molecule has 1 fully saturated rings. The molecule has 10 heteroatoms. The summed E-state index contributed by atoms with van der Waals surface area (Å²) in [6, 6.07) is 19.7. The van der Waals surface area contributed by atoms with E-state index in [1.807, 2.05) is 38.1 Å². The average molecular weight is 533 g/mol. The fraction of sp³-hybridized carbons (Fsp3) is 0.276. The molecule has 1 heterocycles. The maximum atomic E-state index is 12.9. The maximum Gasteiger partial charge on any atom is 0.262 e. The van der Waals surface area contributed by atoms with Crippen molar-refractivity contribution in [1.29, 1.82) is 0 Å². The van der Waals surface area contributed by atoms with Crippen molar-refractivity contribution in [1.82, 2.24) is 5.43 Å². The number of rotatable bonds is 11. The van der Waals surface area contributed by atoms with E-state index in [0.29, 0.717) is 29.4 Å². The van der Waals surface area contributed by atoms with Crippen molar-refractivity contribution in [3.63, 3.8) is 0 Å². The van der Waals surface area contributed by atoms with Gasteiger partial charge in [-0.2, -0.15) is 0 Å². The van der Waals surface area contributed by atoms with Gasteiger partial charge in [-0.1, -0.05) is 24.3 Å². The number of carbonyl (C=O) groups is 3. The Morgan fingerprint density at radius 1 is 0.974 bits per heavy atom. The highest BCUT2D eigenvalue weighted by atomic mass is 16.5. The van der Waals surface area contributed by atoms with E-state index in [1.165, 1.54) is 7.11 Å². The number of nitrogens with one attached hydrogen (secondary N) is 3. The van der Waals surface area contributed by atoms with Crippen LogP contribution < -0.4 is 35.3 Å². The van der Waals surface area contributed by atoms with E-state index in [1.54, 1.807) is 47.4 Å².